The third-order valence-electron chi connectivity index (χ3n) is 4.09. The van der Waals surface area contributed by atoms with Gasteiger partial charge < -0.3 is 25.6 Å². The largest absolute Gasteiger partial charge is 0.491 e. The highest BCUT2D eigenvalue weighted by atomic mass is 16.5. The molecule has 4 N–H and O–H groups in total. The van der Waals surface area contributed by atoms with Crippen LogP contribution in [0.25, 0.3) is 0 Å². The van der Waals surface area contributed by atoms with Crippen LogP contribution in [0, 0.1) is 6.92 Å². The van der Waals surface area contributed by atoms with Crippen LogP contribution >= 0.6 is 0 Å². The number of ether oxygens (including phenoxy) is 2. The number of hydrogen-bond donors (Lipinski definition) is 3. The van der Waals surface area contributed by atoms with Crippen LogP contribution in [0.3, 0.4) is 0 Å². The highest BCUT2D eigenvalue weighted by Gasteiger charge is 2.20. The average Bonchev–Trinajstić information content (AvgIpc) is 3.09. The molecule has 1 fully saturated rings. The van der Waals surface area contributed by atoms with Crippen molar-refractivity contribution < 1.29 is 19.4 Å². The monoisotopic (exact) mass is 336 g/mol. The first-order chi connectivity index (χ1) is 11.5. The van der Waals surface area contributed by atoms with E-state index in [1.165, 1.54) is 12.8 Å². The predicted molar refractivity (Wildman–Crippen MR) is 91.9 cm³/mol. The number of aliphatic hydroxyl groups is 1. The number of carbonyl (C=O) groups excluding carboxylic acids is 1. The van der Waals surface area contributed by atoms with Gasteiger partial charge in [0.15, 0.2) is 0 Å². The summed E-state index contributed by atoms with van der Waals surface area (Å²) in [6.07, 6.45) is 3.89. The van der Waals surface area contributed by atoms with Crippen LogP contribution in [-0.4, -0.2) is 49.0 Å². The van der Waals surface area contributed by atoms with E-state index >= 15 is 0 Å². The summed E-state index contributed by atoms with van der Waals surface area (Å²) in [7, 11) is 0. The van der Waals surface area contributed by atoms with Gasteiger partial charge in [-0.05, 0) is 37.5 Å². The molecule has 0 spiro atoms. The lowest BCUT2D eigenvalue weighted by Gasteiger charge is -2.18. The Morgan fingerprint density at radius 2 is 2.12 bits per heavy atom. The summed E-state index contributed by atoms with van der Waals surface area (Å²) in [5.74, 6) is 0.379. The second kappa shape index (κ2) is 9.61. The molecule has 2 rings (SSSR count). The fraction of sp³-hybridized carbons (Fsp3) is 0.611. The first-order valence-electron chi connectivity index (χ1n) is 8.57. The van der Waals surface area contributed by atoms with Gasteiger partial charge in [-0.1, -0.05) is 25.0 Å². The molecule has 6 nitrogen and oxygen atoms in total. The van der Waals surface area contributed by atoms with Crippen molar-refractivity contribution >= 4 is 5.91 Å². The highest BCUT2D eigenvalue weighted by Crippen LogP contribution is 2.20. The molecule has 0 radical (unpaired) electrons. The number of benzene rings is 1. The maximum absolute atomic E-state index is 11.9. The number of nitrogens with two attached hydrogens (primary N) is 1. The zero-order chi connectivity index (χ0) is 17.4. The molecule has 0 heterocycles. The first kappa shape index (κ1) is 18.7. The molecule has 1 unspecified atom stereocenters. The fourth-order valence-electron chi connectivity index (χ4n) is 2.68. The molecule has 1 aromatic carbocycles. The zero-order valence-electron chi connectivity index (χ0n) is 14.2. The van der Waals surface area contributed by atoms with E-state index in [-0.39, 0.29) is 31.8 Å². The average molecular weight is 336 g/mol. The topological polar surface area (TPSA) is 93.8 Å². The van der Waals surface area contributed by atoms with Gasteiger partial charge in [-0.3, -0.25) is 4.79 Å². The Labute approximate surface area is 143 Å². The maximum Gasteiger partial charge on any atom is 0.239 e. The minimum absolute atomic E-state index is 0.0990. The molecule has 0 saturated heterocycles. The van der Waals surface area contributed by atoms with Crippen molar-refractivity contribution in [2.24, 2.45) is 5.73 Å². The minimum Gasteiger partial charge on any atom is -0.491 e. The minimum atomic E-state index is -0.794. The highest BCUT2D eigenvalue weighted by molar-refractivity contribution is 5.81. The maximum atomic E-state index is 11.9. The van der Waals surface area contributed by atoms with E-state index in [2.05, 4.69) is 5.32 Å². The predicted octanol–water partition coefficient (Wildman–Crippen LogP) is 1.14. The summed E-state index contributed by atoms with van der Waals surface area (Å²) in [5, 5.41) is 12.5. The third-order valence-corrected chi connectivity index (χ3v) is 4.09. The summed E-state index contributed by atoms with van der Waals surface area (Å²) in [6, 6.07) is 6.87. The van der Waals surface area contributed by atoms with Gasteiger partial charge in [0.05, 0.1) is 12.7 Å². The molecule has 1 aromatic rings. The lowest BCUT2D eigenvalue weighted by molar-refractivity contribution is -0.124. The zero-order valence-corrected chi connectivity index (χ0v) is 14.2. The molecule has 6 heteroatoms. The summed E-state index contributed by atoms with van der Waals surface area (Å²) >= 11 is 0. The van der Waals surface area contributed by atoms with Gasteiger partial charge >= 0.3 is 0 Å². The number of aryl methyl sites for hydroxylation is 1. The van der Waals surface area contributed by atoms with Gasteiger partial charge in [0.25, 0.3) is 0 Å². The molecule has 134 valence electrons. The quantitative estimate of drug-likeness (QED) is 0.629. The van der Waals surface area contributed by atoms with Gasteiger partial charge in [0.1, 0.15) is 24.5 Å². The van der Waals surface area contributed by atoms with Crippen molar-refractivity contribution in [3.05, 3.63) is 29.8 Å². The Morgan fingerprint density at radius 3 is 2.83 bits per heavy atom. The lowest BCUT2D eigenvalue weighted by atomic mass is 10.2. The number of rotatable bonds is 9. The summed E-state index contributed by atoms with van der Waals surface area (Å²) in [6.45, 7) is 2.39. The Bertz CT molecular complexity index is 517. The van der Waals surface area contributed by atoms with Crippen LogP contribution in [0.15, 0.2) is 24.3 Å². The summed E-state index contributed by atoms with van der Waals surface area (Å²) < 4.78 is 11.1. The van der Waals surface area contributed by atoms with E-state index in [9.17, 15) is 9.90 Å². The molecule has 0 aromatic heterocycles. The van der Waals surface area contributed by atoms with Gasteiger partial charge in [0, 0.05) is 6.54 Å². The van der Waals surface area contributed by atoms with Crippen LogP contribution in [0.2, 0.25) is 0 Å². The second-order valence-electron chi connectivity index (χ2n) is 6.37. The summed E-state index contributed by atoms with van der Waals surface area (Å²) in [5.41, 5.74) is 6.90. The van der Waals surface area contributed by atoms with Crippen LogP contribution in [-0.2, 0) is 9.53 Å². The number of aliphatic hydroxyl groups excluding tert-OH is 1. The van der Waals surface area contributed by atoms with E-state index in [1.807, 2.05) is 31.2 Å². The van der Waals surface area contributed by atoms with Crippen molar-refractivity contribution in [2.45, 2.75) is 50.9 Å². The second-order valence-corrected chi connectivity index (χ2v) is 6.37. The van der Waals surface area contributed by atoms with Crippen molar-refractivity contribution in [3.63, 3.8) is 0 Å². The van der Waals surface area contributed by atoms with Gasteiger partial charge in [0.2, 0.25) is 5.91 Å². The Hall–Kier alpha value is -1.63. The van der Waals surface area contributed by atoms with E-state index in [4.69, 9.17) is 15.2 Å². The Balaban J connectivity index is 1.61. The number of nitrogens with one attached hydrogen (secondary N) is 1. The molecular formula is C18H28N2O4. The number of hydrogen-bond acceptors (Lipinski definition) is 5. The van der Waals surface area contributed by atoms with Crippen molar-refractivity contribution in [2.75, 3.05) is 19.8 Å². The van der Waals surface area contributed by atoms with Gasteiger partial charge in [-0.25, -0.2) is 0 Å². The lowest BCUT2D eigenvalue weighted by Crippen LogP contribution is -2.47. The van der Waals surface area contributed by atoms with E-state index in [0.29, 0.717) is 5.75 Å². The van der Waals surface area contributed by atoms with Crippen molar-refractivity contribution in [3.8, 4) is 5.75 Å². The molecule has 1 aliphatic carbocycles. The van der Waals surface area contributed by atoms with Crippen molar-refractivity contribution in [1.29, 1.82) is 0 Å². The standard InChI is InChI=1S/C18H28N2O4/c1-13-5-4-8-16(9-13)23-11-14(21)10-20-18(22)17(19)12-24-15-6-2-3-7-15/h4-5,8-9,14-15,17,21H,2-3,6-7,10-12,19H2,1H3,(H,20,22)/t14?,17-/m0/s1. The Morgan fingerprint density at radius 1 is 1.38 bits per heavy atom. The number of amides is 1. The molecule has 1 saturated carbocycles. The SMILES string of the molecule is Cc1cccc(OCC(O)CNC(=O)[C@@H](N)COC2CCCC2)c1. The molecule has 1 amide bonds. The van der Waals surface area contributed by atoms with E-state index < -0.39 is 12.1 Å². The molecular weight excluding hydrogens is 308 g/mol. The van der Waals surface area contributed by atoms with Gasteiger partial charge in [-0.15, -0.1) is 0 Å². The number of carbonyl (C=O) groups is 1. The van der Waals surface area contributed by atoms with Crippen LogP contribution in [0.5, 0.6) is 5.75 Å². The first-order valence-corrected chi connectivity index (χ1v) is 8.57. The van der Waals surface area contributed by atoms with E-state index in [1.54, 1.807) is 0 Å². The van der Waals surface area contributed by atoms with Crippen LogP contribution < -0.4 is 15.8 Å². The fourth-order valence-corrected chi connectivity index (χ4v) is 2.68. The smallest absolute Gasteiger partial charge is 0.239 e. The normalized spacial score (nSPS) is 17.5. The summed E-state index contributed by atoms with van der Waals surface area (Å²) in [4.78, 5) is 11.9. The molecule has 0 aliphatic heterocycles. The van der Waals surface area contributed by atoms with E-state index in [0.717, 1.165) is 18.4 Å². The molecule has 2 atom stereocenters. The molecule has 1 aliphatic rings. The van der Waals surface area contributed by atoms with Crippen LogP contribution in [0.4, 0.5) is 0 Å². The van der Waals surface area contributed by atoms with Crippen molar-refractivity contribution in [1.82, 2.24) is 5.32 Å². The molecule has 24 heavy (non-hydrogen) atoms. The van der Waals surface area contributed by atoms with Gasteiger partial charge in [-0.2, -0.15) is 0 Å². The Kier molecular flexibility index (Phi) is 7.49. The molecule has 0 bridgehead atoms. The van der Waals surface area contributed by atoms with Crippen LogP contribution in [0.1, 0.15) is 31.2 Å². The third kappa shape index (κ3) is 6.47.